The fourth-order valence-electron chi connectivity index (χ4n) is 3.46. The molecule has 0 saturated carbocycles. The fraction of sp³-hybridized carbons (Fsp3) is 0.846. The number of carbonyl (C=O) groups is 2. The SMILES string of the molecule is Cl.O=C1CC(C(=O)N2CCC3(CCNC3)CC2)CN1. The van der Waals surface area contributed by atoms with Crippen LogP contribution in [0.4, 0.5) is 0 Å². The number of amides is 2. The first-order valence-corrected chi connectivity index (χ1v) is 6.95. The van der Waals surface area contributed by atoms with Gasteiger partial charge in [-0.25, -0.2) is 0 Å². The number of nitrogens with one attached hydrogen (secondary N) is 2. The van der Waals surface area contributed by atoms with Crippen molar-refractivity contribution in [2.75, 3.05) is 32.7 Å². The van der Waals surface area contributed by atoms with E-state index in [1.807, 2.05) is 4.90 Å². The van der Waals surface area contributed by atoms with Gasteiger partial charge in [0.05, 0.1) is 5.92 Å². The van der Waals surface area contributed by atoms with Gasteiger partial charge in [0.1, 0.15) is 0 Å². The number of carbonyl (C=O) groups excluding carboxylic acids is 2. The van der Waals surface area contributed by atoms with Crippen molar-refractivity contribution in [2.24, 2.45) is 11.3 Å². The van der Waals surface area contributed by atoms with Crippen molar-refractivity contribution in [1.82, 2.24) is 15.5 Å². The second-order valence-electron chi connectivity index (χ2n) is 5.96. The summed E-state index contributed by atoms with van der Waals surface area (Å²) in [7, 11) is 0. The first kappa shape index (κ1) is 14.6. The van der Waals surface area contributed by atoms with Gasteiger partial charge in [-0.3, -0.25) is 9.59 Å². The number of halogens is 1. The maximum absolute atomic E-state index is 12.3. The molecule has 3 aliphatic heterocycles. The molecule has 0 bridgehead atoms. The van der Waals surface area contributed by atoms with Crippen LogP contribution in [0.15, 0.2) is 0 Å². The Labute approximate surface area is 119 Å². The van der Waals surface area contributed by atoms with Crippen LogP contribution >= 0.6 is 12.4 Å². The lowest BCUT2D eigenvalue weighted by Gasteiger charge is -2.39. The van der Waals surface area contributed by atoms with E-state index < -0.39 is 0 Å². The highest BCUT2D eigenvalue weighted by atomic mass is 35.5. The van der Waals surface area contributed by atoms with Gasteiger partial charge in [0.2, 0.25) is 11.8 Å². The van der Waals surface area contributed by atoms with Crippen molar-refractivity contribution >= 4 is 24.2 Å². The number of hydrogen-bond acceptors (Lipinski definition) is 3. The molecule has 3 heterocycles. The maximum Gasteiger partial charge on any atom is 0.227 e. The monoisotopic (exact) mass is 287 g/mol. The molecule has 1 unspecified atom stereocenters. The highest BCUT2D eigenvalue weighted by molar-refractivity contribution is 5.89. The minimum Gasteiger partial charge on any atom is -0.355 e. The van der Waals surface area contributed by atoms with E-state index in [1.54, 1.807) is 0 Å². The van der Waals surface area contributed by atoms with E-state index in [2.05, 4.69) is 10.6 Å². The number of rotatable bonds is 1. The molecule has 0 aliphatic carbocycles. The molecule has 1 atom stereocenters. The molecule has 0 aromatic rings. The minimum absolute atomic E-state index is 0. The summed E-state index contributed by atoms with van der Waals surface area (Å²) in [6, 6.07) is 0. The van der Waals surface area contributed by atoms with Gasteiger partial charge in [-0.2, -0.15) is 0 Å². The van der Waals surface area contributed by atoms with E-state index in [0.29, 0.717) is 18.4 Å². The summed E-state index contributed by atoms with van der Waals surface area (Å²) in [4.78, 5) is 25.4. The second kappa shape index (κ2) is 5.67. The van der Waals surface area contributed by atoms with Gasteiger partial charge >= 0.3 is 0 Å². The molecule has 3 fully saturated rings. The molecule has 1 spiro atoms. The molecule has 5 nitrogen and oxygen atoms in total. The molecule has 2 amide bonds. The van der Waals surface area contributed by atoms with Crippen molar-refractivity contribution < 1.29 is 9.59 Å². The Kier molecular flexibility index (Phi) is 4.36. The molecule has 6 heteroatoms. The third kappa shape index (κ3) is 2.87. The molecule has 19 heavy (non-hydrogen) atoms. The van der Waals surface area contributed by atoms with Gasteiger partial charge in [-0.15, -0.1) is 12.4 Å². The van der Waals surface area contributed by atoms with Gasteiger partial charge in [0, 0.05) is 32.6 Å². The normalized spacial score (nSPS) is 29.2. The van der Waals surface area contributed by atoms with Crippen LogP contribution in [-0.2, 0) is 9.59 Å². The molecule has 0 aromatic carbocycles. The Morgan fingerprint density at radius 3 is 2.53 bits per heavy atom. The average molecular weight is 288 g/mol. The molecule has 3 rings (SSSR count). The van der Waals surface area contributed by atoms with Gasteiger partial charge in [-0.1, -0.05) is 0 Å². The highest BCUT2D eigenvalue weighted by Gasteiger charge is 2.40. The minimum atomic E-state index is -0.117. The Balaban J connectivity index is 0.00000133. The first-order valence-electron chi connectivity index (χ1n) is 6.95. The predicted octanol–water partition coefficient (Wildman–Crippen LogP) is 0.146. The van der Waals surface area contributed by atoms with Crippen molar-refractivity contribution in [3.63, 3.8) is 0 Å². The van der Waals surface area contributed by atoms with Crippen LogP contribution in [0.5, 0.6) is 0 Å². The standard InChI is InChI=1S/C13H21N3O2.ClH/c17-11-7-10(8-15-11)12(18)16-5-2-13(3-6-16)1-4-14-9-13;/h10,14H,1-9H2,(H,15,17);1H. The van der Waals surface area contributed by atoms with Gasteiger partial charge in [-0.05, 0) is 31.2 Å². The van der Waals surface area contributed by atoms with Crippen LogP contribution in [-0.4, -0.2) is 49.4 Å². The number of piperidine rings is 1. The molecule has 3 saturated heterocycles. The van der Waals surface area contributed by atoms with Gasteiger partial charge in [0.15, 0.2) is 0 Å². The van der Waals surface area contributed by atoms with E-state index >= 15 is 0 Å². The summed E-state index contributed by atoms with van der Waals surface area (Å²) in [5, 5.41) is 6.17. The van der Waals surface area contributed by atoms with Crippen molar-refractivity contribution in [3.8, 4) is 0 Å². The zero-order chi connectivity index (χ0) is 12.6. The van der Waals surface area contributed by atoms with Crippen LogP contribution in [0.25, 0.3) is 0 Å². The third-order valence-electron chi connectivity index (χ3n) is 4.79. The zero-order valence-electron chi connectivity index (χ0n) is 11.1. The predicted molar refractivity (Wildman–Crippen MR) is 74.1 cm³/mol. The lowest BCUT2D eigenvalue weighted by molar-refractivity contribution is -0.137. The smallest absolute Gasteiger partial charge is 0.227 e. The van der Waals surface area contributed by atoms with E-state index in [-0.39, 0.29) is 30.1 Å². The summed E-state index contributed by atoms with van der Waals surface area (Å²) in [6.07, 6.45) is 3.85. The van der Waals surface area contributed by atoms with Gasteiger partial charge < -0.3 is 15.5 Å². The zero-order valence-corrected chi connectivity index (χ0v) is 11.9. The molecule has 2 N–H and O–H groups in total. The van der Waals surface area contributed by atoms with Gasteiger partial charge in [0.25, 0.3) is 0 Å². The van der Waals surface area contributed by atoms with E-state index in [0.717, 1.165) is 39.0 Å². The van der Waals surface area contributed by atoms with E-state index in [4.69, 9.17) is 0 Å². The summed E-state index contributed by atoms with van der Waals surface area (Å²) in [6.45, 7) is 4.49. The lowest BCUT2D eigenvalue weighted by atomic mass is 9.77. The van der Waals surface area contributed by atoms with Crippen molar-refractivity contribution in [2.45, 2.75) is 25.7 Å². The maximum atomic E-state index is 12.3. The lowest BCUT2D eigenvalue weighted by Crippen LogP contribution is -2.46. The molecular formula is C13H22ClN3O2. The van der Waals surface area contributed by atoms with Crippen LogP contribution in [0, 0.1) is 11.3 Å². The molecule has 108 valence electrons. The molecule has 3 aliphatic rings. The number of likely N-dealkylation sites (tertiary alicyclic amines) is 1. The number of hydrogen-bond donors (Lipinski definition) is 2. The Morgan fingerprint density at radius 2 is 2.00 bits per heavy atom. The highest BCUT2D eigenvalue weighted by Crippen LogP contribution is 2.37. The summed E-state index contributed by atoms with van der Waals surface area (Å²) >= 11 is 0. The molecule has 0 radical (unpaired) electrons. The summed E-state index contributed by atoms with van der Waals surface area (Å²) in [5.41, 5.74) is 0.445. The molecule has 0 aromatic heterocycles. The van der Waals surface area contributed by atoms with Crippen LogP contribution in [0.2, 0.25) is 0 Å². The fourth-order valence-corrected chi connectivity index (χ4v) is 3.46. The Hall–Kier alpha value is -0.810. The van der Waals surface area contributed by atoms with E-state index in [9.17, 15) is 9.59 Å². The van der Waals surface area contributed by atoms with Crippen molar-refractivity contribution in [3.05, 3.63) is 0 Å². The van der Waals surface area contributed by atoms with Crippen LogP contribution < -0.4 is 10.6 Å². The quantitative estimate of drug-likeness (QED) is 0.722. The average Bonchev–Trinajstić information content (AvgIpc) is 3.00. The summed E-state index contributed by atoms with van der Waals surface area (Å²) in [5.74, 6) is 0.0734. The largest absolute Gasteiger partial charge is 0.355 e. The topological polar surface area (TPSA) is 61.4 Å². The van der Waals surface area contributed by atoms with Crippen LogP contribution in [0.1, 0.15) is 25.7 Å². The Bertz CT molecular complexity index is 359. The summed E-state index contributed by atoms with van der Waals surface area (Å²) < 4.78 is 0. The van der Waals surface area contributed by atoms with Crippen molar-refractivity contribution in [1.29, 1.82) is 0 Å². The Morgan fingerprint density at radius 1 is 1.26 bits per heavy atom. The number of nitrogens with zero attached hydrogens (tertiary/aromatic N) is 1. The first-order chi connectivity index (χ1) is 8.69. The third-order valence-corrected chi connectivity index (χ3v) is 4.79. The van der Waals surface area contributed by atoms with E-state index in [1.165, 1.54) is 6.42 Å². The molecular weight excluding hydrogens is 266 g/mol. The second-order valence-corrected chi connectivity index (χ2v) is 5.96. The van der Waals surface area contributed by atoms with Crippen LogP contribution in [0.3, 0.4) is 0 Å².